The van der Waals surface area contributed by atoms with Crippen molar-refractivity contribution in [2.45, 2.75) is 46.6 Å². The summed E-state index contributed by atoms with van der Waals surface area (Å²) in [5, 5.41) is 3.48. The number of nitrogens with zero attached hydrogens (tertiary/aromatic N) is 1. The lowest BCUT2D eigenvalue weighted by Gasteiger charge is -2.38. The van der Waals surface area contributed by atoms with E-state index in [2.05, 4.69) is 44.8 Å². The highest BCUT2D eigenvalue weighted by Crippen LogP contribution is 2.08. The molecule has 0 aromatic rings. The van der Waals surface area contributed by atoms with Crippen molar-refractivity contribution in [1.29, 1.82) is 0 Å². The van der Waals surface area contributed by atoms with Crippen LogP contribution < -0.4 is 5.32 Å². The number of likely N-dealkylation sites (N-methyl/N-ethyl adjacent to an activating group) is 1. The zero-order valence-electron chi connectivity index (χ0n) is 9.98. The number of rotatable bonds is 1. The van der Waals surface area contributed by atoms with Crippen molar-refractivity contribution in [3.63, 3.8) is 0 Å². The Hall–Kier alpha value is -0.0800. The lowest BCUT2D eigenvalue weighted by molar-refractivity contribution is 0.161. The van der Waals surface area contributed by atoms with Crippen LogP contribution >= 0.6 is 0 Å². The third-order valence-corrected chi connectivity index (χ3v) is 2.10. The van der Waals surface area contributed by atoms with E-state index in [9.17, 15) is 0 Å². The zero-order valence-corrected chi connectivity index (χ0v) is 9.98. The van der Waals surface area contributed by atoms with Crippen LogP contribution in [0.1, 0.15) is 41.0 Å². The summed E-state index contributed by atoms with van der Waals surface area (Å²) in [6.45, 7) is 15.7. The molecule has 0 saturated carbocycles. The maximum Gasteiger partial charge on any atom is 0.0252 e. The minimum atomic E-state index is 0.328. The Labute approximate surface area is 83.7 Å². The van der Waals surface area contributed by atoms with E-state index in [1.165, 1.54) is 26.1 Å². The summed E-state index contributed by atoms with van der Waals surface area (Å²) in [6, 6.07) is 0. The molecule has 1 N–H and O–H groups in total. The second-order valence-corrected chi connectivity index (χ2v) is 4.39. The van der Waals surface area contributed by atoms with Gasteiger partial charge in [0.15, 0.2) is 0 Å². The van der Waals surface area contributed by atoms with Crippen molar-refractivity contribution in [2.75, 3.05) is 26.2 Å². The van der Waals surface area contributed by atoms with Crippen LogP contribution in [0.25, 0.3) is 0 Å². The topological polar surface area (TPSA) is 15.3 Å². The average Bonchev–Trinajstić information content (AvgIpc) is 2.04. The Morgan fingerprint density at radius 2 is 1.77 bits per heavy atom. The molecule has 1 heterocycles. The van der Waals surface area contributed by atoms with Gasteiger partial charge in [0.25, 0.3) is 0 Å². The van der Waals surface area contributed by atoms with Gasteiger partial charge in [-0.1, -0.05) is 27.2 Å². The van der Waals surface area contributed by atoms with E-state index in [0.717, 1.165) is 6.54 Å². The highest BCUT2D eigenvalue weighted by atomic mass is 15.2. The Morgan fingerprint density at radius 1 is 1.23 bits per heavy atom. The Kier molecular flexibility index (Phi) is 6.35. The van der Waals surface area contributed by atoms with Gasteiger partial charge in [0.05, 0.1) is 0 Å². The van der Waals surface area contributed by atoms with Crippen LogP contribution in [-0.4, -0.2) is 36.6 Å². The highest BCUT2D eigenvalue weighted by molar-refractivity contribution is 4.85. The van der Waals surface area contributed by atoms with Gasteiger partial charge in [-0.2, -0.15) is 0 Å². The molecular formula is C11H26N2. The molecule has 0 unspecified atom stereocenters. The summed E-state index contributed by atoms with van der Waals surface area (Å²) in [7, 11) is 0. The maximum atomic E-state index is 3.48. The first kappa shape index (κ1) is 12.9. The largest absolute Gasteiger partial charge is 0.309 e. The summed E-state index contributed by atoms with van der Waals surface area (Å²) in [5.41, 5.74) is 0.328. The normalized spacial score (nSPS) is 21.9. The molecule has 1 aliphatic rings. The molecule has 2 nitrogen and oxygen atoms in total. The minimum absolute atomic E-state index is 0.328. The molecule has 0 spiro atoms. The number of hydrogen-bond acceptors (Lipinski definition) is 2. The van der Waals surface area contributed by atoms with Crippen LogP contribution in [0.4, 0.5) is 0 Å². The number of hydrogen-bond donors (Lipinski definition) is 1. The maximum absolute atomic E-state index is 3.48. The molecule has 0 bridgehead atoms. The van der Waals surface area contributed by atoms with E-state index in [4.69, 9.17) is 0 Å². The average molecular weight is 186 g/mol. The predicted molar refractivity (Wildman–Crippen MR) is 60.2 cm³/mol. The summed E-state index contributed by atoms with van der Waals surface area (Å²) in [5.74, 6) is 0. The van der Waals surface area contributed by atoms with E-state index in [0.29, 0.717) is 5.54 Å². The van der Waals surface area contributed by atoms with E-state index in [1.807, 2.05) is 0 Å². The third-order valence-electron chi connectivity index (χ3n) is 2.10. The van der Waals surface area contributed by atoms with Gasteiger partial charge in [-0.05, 0) is 20.4 Å². The number of piperazine rings is 1. The van der Waals surface area contributed by atoms with Crippen LogP contribution in [0.3, 0.4) is 0 Å². The highest BCUT2D eigenvalue weighted by Gasteiger charge is 2.23. The van der Waals surface area contributed by atoms with Crippen LogP contribution in [0, 0.1) is 0 Å². The molecule has 0 aliphatic carbocycles. The van der Waals surface area contributed by atoms with Crippen molar-refractivity contribution in [3.05, 3.63) is 0 Å². The van der Waals surface area contributed by atoms with E-state index < -0.39 is 0 Å². The Morgan fingerprint density at radius 3 is 2.08 bits per heavy atom. The Bertz CT molecular complexity index is 121. The van der Waals surface area contributed by atoms with Gasteiger partial charge in [-0.15, -0.1) is 0 Å². The first-order valence-electron chi connectivity index (χ1n) is 5.53. The molecule has 2 heteroatoms. The molecule has 0 radical (unpaired) electrons. The van der Waals surface area contributed by atoms with Crippen LogP contribution in [0.15, 0.2) is 0 Å². The number of nitrogens with one attached hydrogen (secondary N) is 1. The van der Waals surface area contributed by atoms with Crippen LogP contribution in [0.2, 0.25) is 0 Å². The third kappa shape index (κ3) is 6.05. The van der Waals surface area contributed by atoms with Crippen molar-refractivity contribution in [2.24, 2.45) is 0 Å². The summed E-state index contributed by atoms with van der Waals surface area (Å²) in [6.07, 6.45) is 1.25. The van der Waals surface area contributed by atoms with Crippen molar-refractivity contribution < 1.29 is 0 Å². The summed E-state index contributed by atoms with van der Waals surface area (Å²) < 4.78 is 0. The lowest BCUT2D eigenvalue weighted by atomic mass is 10.0. The first-order chi connectivity index (χ1) is 6.05. The Balaban J connectivity index is 0.000000424. The summed E-state index contributed by atoms with van der Waals surface area (Å²) >= 11 is 0. The zero-order chi connectivity index (χ0) is 10.3. The van der Waals surface area contributed by atoms with Gasteiger partial charge in [-0.3, -0.25) is 0 Å². The molecular weight excluding hydrogens is 160 g/mol. The first-order valence-corrected chi connectivity index (χ1v) is 5.53. The molecule has 0 aromatic carbocycles. The molecule has 1 fully saturated rings. The SMILES string of the molecule is CCC.CCN1CCNC(C)(C)C1. The molecule has 1 aliphatic heterocycles. The quantitative estimate of drug-likeness (QED) is 0.675. The van der Waals surface area contributed by atoms with E-state index >= 15 is 0 Å². The predicted octanol–water partition coefficient (Wildman–Crippen LogP) is 2.11. The smallest absolute Gasteiger partial charge is 0.0252 e. The fourth-order valence-corrected chi connectivity index (χ4v) is 1.52. The lowest BCUT2D eigenvalue weighted by Crippen LogP contribution is -2.56. The van der Waals surface area contributed by atoms with Crippen molar-refractivity contribution >= 4 is 0 Å². The van der Waals surface area contributed by atoms with Gasteiger partial charge in [0, 0.05) is 25.2 Å². The van der Waals surface area contributed by atoms with E-state index in [-0.39, 0.29) is 0 Å². The van der Waals surface area contributed by atoms with Crippen LogP contribution in [0.5, 0.6) is 0 Å². The molecule has 1 rings (SSSR count). The van der Waals surface area contributed by atoms with Gasteiger partial charge < -0.3 is 10.2 Å². The second kappa shape index (κ2) is 6.39. The van der Waals surface area contributed by atoms with Crippen LogP contribution in [-0.2, 0) is 0 Å². The monoisotopic (exact) mass is 186 g/mol. The fourth-order valence-electron chi connectivity index (χ4n) is 1.52. The minimum Gasteiger partial charge on any atom is -0.309 e. The molecule has 0 amide bonds. The standard InChI is InChI=1S/C8H18N2.C3H8/c1-4-10-6-5-9-8(2,3)7-10;1-3-2/h9H,4-7H2,1-3H3;3H2,1-2H3. The van der Waals surface area contributed by atoms with Gasteiger partial charge in [0.2, 0.25) is 0 Å². The molecule has 13 heavy (non-hydrogen) atoms. The van der Waals surface area contributed by atoms with E-state index in [1.54, 1.807) is 0 Å². The summed E-state index contributed by atoms with van der Waals surface area (Å²) in [4.78, 5) is 2.48. The van der Waals surface area contributed by atoms with Gasteiger partial charge >= 0.3 is 0 Å². The fraction of sp³-hybridized carbons (Fsp3) is 1.00. The van der Waals surface area contributed by atoms with Gasteiger partial charge in [-0.25, -0.2) is 0 Å². The van der Waals surface area contributed by atoms with Gasteiger partial charge in [0.1, 0.15) is 0 Å². The van der Waals surface area contributed by atoms with Crippen molar-refractivity contribution in [1.82, 2.24) is 10.2 Å². The molecule has 80 valence electrons. The molecule has 0 aromatic heterocycles. The molecule has 0 atom stereocenters. The second-order valence-electron chi connectivity index (χ2n) is 4.39. The molecule has 1 saturated heterocycles. The van der Waals surface area contributed by atoms with Crippen molar-refractivity contribution in [3.8, 4) is 0 Å².